The van der Waals surface area contributed by atoms with Crippen LogP contribution in [-0.2, 0) is 20.9 Å². The van der Waals surface area contributed by atoms with Crippen LogP contribution in [0.15, 0.2) is 17.3 Å². The van der Waals surface area contributed by atoms with Gasteiger partial charge in [0, 0.05) is 38.3 Å². The highest BCUT2D eigenvalue weighted by Gasteiger charge is 2.51. The van der Waals surface area contributed by atoms with Crippen LogP contribution in [0, 0.1) is 5.41 Å². The van der Waals surface area contributed by atoms with Crippen molar-refractivity contribution >= 4 is 11.8 Å². The van der Waals surface area contributed by atoms with E-state index in [9.17, 15) is 4.79 Å². The standard InChI is InChI=1S/C31H45N3O4/c1-5-36-29(35)30(4)11-13-34(14-12-30)28-17-31(38-32-28)19-33(20-31)18-24-15-25(23-9-10-23)26(22-7-6-8-22)16-27(24)37-21(2)3/h15-16,21-23H,5-14,17-20H2,1-4H3. The number of carbonyl (C=O) groups is 1. The molecule has 2 saturated carbocycles. The highest BCUT2D eigenvalue weighted by molar-refractivity contribution is 5.85. The van der Waals surface area contributed by atoms with E-state index in [0.29, 0.717) is 6.61 Å². The molecular formula is C31H45N3O4. The monoisotopic (exact) mass is 523 g/mol. The summed E-state index contributed by atoms with van der Waals surface area (Å²) in [6.45, 7) is 12.9. The normalized spacial score (nSPS) is 24.6. The number of esters is 1. The van der Waals surface area contributed by atoms with Crippen molar-refractivity contribution in [2.75, 3.05) is 32.8 Å². The summed E-state index contributed by atoms with van der Waals surface area (Å²) < 4.78 is 11.7. The molecule has 0 bridgehead atoms. The maximum Gasteiger partial charge on any atom is 0.311 e. The number of nitrogens with zero attached hydrogens (tertiary/aromatic N) is 3. The molecule has 2 saturated heterocycles. The largest absolute Gasteiger partial charge is 0.491 e. The summed E-state index contributed by atoms with van der Waals surface area (Å²) >= 11 is 0. The third-order valence-electron chi connectivity index (χ3n) is 9.43. The van der Waals surface area contributed by atoms with Crippen LogP contribution in [0.25, 0.3) is 0 Å². The first kappa shape index (κ1) is 26.0. The third-order valence-corrected chi connectivity index (χ3v) is 9.43. The van der Waals surface area contributed by atoms with Crippen LogP contribution >= 0.6 is 0 Å². The van der Waals surface area contributed by atoms with Crippen LogP contribution in [0.4, 0.5) is 0 Å². The highest BCUT2D eigenvalue weighted by Crippen LogP contribution is 2.49. The predicted molar refractivity (Wildman–Crippen MR) is 147 cm³/mol. The summed E-state index contributed by atoms with van der Waals surface area (Å²) in [7, 11) is 0. The minimum absolute atomic E-state index is 0.0678. The molecule has 7 nitrogen and oxygen atoms in total. The second-order valence-electron chi connectivity index (χ2n) is 13.0. The maximum atomic E-state index is 12.4. The topological polar surface area (TPSA) is 63.6 Å². The second kappa shape index (κ2) is 10.0. The van der Waals surface area contributed by atoms with Crippen molar-refractivity contribution < 1.29 is 19.1 Å². The van der Waals surface area contributed by atoms with Gasteiger partial charge in [-0.3, -0.25) is 9.69 Å². The summed E-state index contributed by atoms with van der Waals surface area (Å²) in [5, 5.41) is 4.53. The van der Waals surface area contributed by atoms with Gasteiger partial charge in [-0.05, 0) is 95.2 Å². The first-order valence-electron chi connectivity index (χ1n) is 15.0. The SMILES string of the molecule is CCOC(=O)C1(C)CCN(C2=NOC3(C2)CN(Cc2cc(C4CC4)c(C4CCC4)cc2OC(C)C)C3)CC1. The third kappa shape index (κ3) is 5.03. The van der Waals surface area contributed by atoms with E-state index in [1.165, 1.54) is 37.7 Å². The fourth-order valence-corrected chi connectivity index (χ4v) is 6.70. The van der Waals surface area contributed by atoms with E-state index in [4.69, 9.17) is 14.3 Å². The molecule has 5 aliphatic rings. The van der Waals surface area contributed by atoms with Crippen molar-refractivity contribution in [3.63, 3.8) is 0 Å². The van der Waals surface area contributed by atoms with Crippen molar-refractivity contribution in [2.24, 2.45) is 10.6 Å². The Labute approximate surface area is 227 Å². The van der Waals surface area contributed by atoms with Gasteiger partial charge in [0.15, 0.2) is 5.60 Å². The first-order chi connectivity index (χ1) is 18.3. The number of ether oxygens (including phenoxy) is 2. The van der Waals surface area contributed by atoms with E-state index >= 15 is 0 Å². The summed E-state index contributed by atoms with van der Waals surface area (Å²) in [5.74, 6) is 3.54. The number of likely N-dealkylation sites (tertiary alicyclic amines) is 2. The molecule has 0 radical (unpaired) electrons. The summed E-state index contributed by atoms with van der Waals surface area (Å²) in [6.07, 6.45) is 9.29. The van der Waals surface area contributed by atoms with E-state index in [1.54, 1.807) is 11.1 Å². The van der Waals surface area contributed by atoms with Crippen molar-refractivity contribution in [1.29, 1.82) is 0 Å². The average Bonchev–Trinajstić information content (AvgIpc) is 3.57. The van der Waals surface area contributed by atoms with E-state index in [-0.39, 0.29) is 23.1 Å². The number of hydrogen-bond acceptors (Lipinski definition) is 7. The highest BCUT2D eigenvalue weighted by atomic mass is 16.7. The molecule has 1 aromatic rings. The molecule has 0 aromatic heterocycles. The Kier molecular flexibility index (Phi) is 6.86. The second-order valence-corrected chi connectivity index (χ2v) is 13.0. The van der Waals surface area contributed by atoms with E-state index in [1.807, 2.05) is 13.8 Å². The Morgan fingerprint density at radius 1 is 1.11 bits per heavy atom. The number of piperidine rings is 1. The van der Waals surface area contributed by atoms with Gasteiger partial charge in [-0.15, -0.1) is 0 Å². The Balaban J connectivity index is 1.07. The zero-order chi connectivity index (χ0) is 26.5. The Morgan fingerprint density at radius 3 is 2.39 bits per heavy atom. The van der Waals surface area contributed by atoms with Crippen molar-refractivity contribution in [1.82, 2.24) is 9.80 Å². The van der Waals surface area contributed by atoms with Gasteiger partial charge >= 0.3 is 5.97 Å². The Bertz CT molecular complexity index is 1080. The van der Waals surface area contributed by atoms with E-state index in [0.717, 1.165) is 75.4 Å². The molecular weight excluding hydrogens is 478 g/mol. The first-order valence-corrected chi connectivity index (χ1v) is 15.0. The zero-order valence-electron chi connectivity index (χ0n) is 23.8. The molecule has 208 valence electrons. The zero-order valence-corrected chi connectivity index (χ0v) is 23.8. The van der Waals surface area contributed by atoms with Crippen LogP contribution in [0.3, 0.4) is 0 Å². The Morgan fingerprint density at radius 2 is 1.79 bits per heavy atom. The number of oxime groups is 1. The lowest BCUT2D eigenvalue weighted by Crippen LogP contribution is -2.61. The number of hydrogen-bond donors (Lipinski definition) is 0. The number of carbonyl (C=O) groups excluding carboxylic acids is 1. The molecule has 3 heterocycles. The smallest absolute Gasteiger partial charge is 0.311 e. The average molecular weight is 524 g/mol. The Hall–Kier alpha value is -2.28. The molecule has 0 amide bonds. The molecule has 38 heavy (non-hydrogen) atoms. The summed E-state index contributed by atoms with van der Waals surface area (Å²) in [6, 6.07) is 4.88. The molecule has 1 spiro atoms. The minimum atomic E-state index is -0.388. The van der Waals surface area contributed by atoms with Crippen LogP contribution in [-0.4, -0.2) is 66.1 Å². The van der Waals surface area contributed by atoms with Crippen LogP contribution < -0.4 is 4.74 Å². The fraction of sp³-hybridized carbons (Fsp3) is 0.742. The maximum absolute atomic E-state index is 12.4. The quantitative estimate of drug-likeness (QED) is 0.415. The number of amidine groups is 1. The summed E-state index contributed by atoms with van der Waals surface area (Å²) in [5.41, 5.74) is 3.89. The number of benzene rings is 1. The van der Waals surface area contributed by atoms with Crippen LogP contribution in [0.1, 0.15) is 108 Å². The van der Waals surface area contributed by atoms with Gasteiger partial charge in [0.25, 0.3) is 0 Å². The molecule has 6 rings (SSSR count). The van der Waals surface area contributed by atoms with Crippen LogP contribution in [0.2, 0.25) is 0 Å². The van der Waals surface area contributed by atoms with E-state index in [2.05, 4.69) is 40.9 Å². The van der Waals surface area contributed by atoms with Crippen LogP contribution in [0.5, 0.6) is 5.75 Å². The van der Waals surface area contributed by atoms with E-state index < -0.39 is 0 Å². The van der Waals surface area contributed by atoms with Gasteiger partial charge in [0.05, 0.1) is 24.5 Å². The molecule has 3 aliphatic heterocycles. The number of rotatable bonds is 8. The molecule has 2 aliphatic carbocycles. The van der Waals surface area contributed by atoms with Crippen molar-refractivity contribution in [2.45, 2.75) is 109 Å². The van der Waals surface area contributed by atoms with Crippen molar-refractivity contribution in [3.8, 4) is 5.75 Å². The summed E-state index contributed by atoms with van der Waals surface area (Å²) in [4.78, 5) is 23.3. The lowest BCUT2D eigenvalue weighted by Gasteiger charge is -2.46. The van der Waals surface area contributed by atoms with Gasteiger partial charge in [0.2, 0.25) is 0 Å². The van der Waals surface area contributed by atoms with Gasteiger partial charge in [-0.2, -0.15) is 0 Å². The van der Waals surface area contributed by atoms with Crippen molar-refractivity contribution in [3.05, 3.63) is 28.8 Å². The fourth-order valence-electron chi connectivity index (χ4n) is 6.70. The molecule has 1 aromatic carbocycles. The molecule has 4 fully saturated rings. The van der Waals surface area contributed by atoms with Gasteiger partial charge in [-0.1, -0.05) is 17.6 Å². The molecule has 7 heteroatoms. The lowest BCUT2D eigenvalue weighted by atomic mass is 9.77. The van der Waals surface area contributed by atoms with Gasteiger partial charge in [-0.25, -0.2) is 0 Å². The van der Waals surface area contributed by atoms with Gasteiger partial charge in [0.1, 0.15) is 11.6 Å². The molecule has 0 N–H and O–H groups in total. The lowest BCUT2D eigenvalue weighted by molar-refractivity contribution is -0.156. The predicted octanol–water partition coefficient (Wildman–Crippen LogP) is 5.57. The minimum Gasteiger partial charge on any atom is -0.491 e. The van der Waals surface area contributed by atoms with Gasteiger partial charge < -0.3 is 19.2 Å². The molecule has 0 atom stereocenters. The molecule has 0 unspecified atom stereocenters.